The van der Waals surface area contributed by atoms with Gasteiger partial charge in [0.1, 0.15) is 0 Å². The van der Waals surface area contributed by atoms with Gasteiger partial charge < -0.3 is 10.6 Å². The van der Waals surface area contributed by atoms with E-state index in [0.717, 1.165) is 17.9 Å². The van der Waals surface area contributed by atoms with Crippen LogP contribution in [0.25, 0.3) is 6.08 Å². The van der Waals surface area contributed by atoms with E-state index in [4.69, 9.17) is 0 Å². The number of hydrogen-bond donors (Lipinski definition) is 2. The first-order chi connectivity index (χ1) is 8.40. The maximum absolute atomic E-state index is 3.44. The molecule has 1 aliphatic rings. The van der Waals surface area contributed by atoms with Crippen molar-refractivity contribution < 1.29 is 0 Å². The van der Waals surface area contributed by atoms with Gasteiger partial charge in [0, 0.05) is 18.4 Å². The minimum absolute atomic E-state index is 1.04. The molecule has 1 aromatic rings. The van der Waals surface area contributed by atoms with Crippen molar-refractivity contribution >= 4 is 11.8 Å². The van der Waals surface area contributed by atoms with Gasteiger partial charge in [-0.25, -0.2) is 0 Å². The average Bonchev–Trinajstić information content (AvgIpc) is 2.58. The summed E-state index contributed by atoms with van der Waals surface area (Å²) in [6, 6.07) is 8.32. The highest BCUT2D eigenvalue weighted by Gasteiger charge is 2.01. The lowest BCUT2D eigenvalue weighted by atomic mass is 10.1. The summed E-state index contributed by atoms with van der Waals surface area (Å²) < 4.78 is 0. The zero-order chi connectivity index (χ0) is 11.9. The quantitative estimate of drug-likeness (QED) is 0.750. The van der Waals surface area contributed by atoms with E-state index in [1.165, 1.54) is 24.8 Å². The Morgan fingerprint density at radius 3 is 2.88 bits per heavy atom. The third-order valence-corrected chi connectivity index (χ3v) is 2.90. The lowest BCUT2D eigenvalue weighted by molar-refractivity contribution is 0.673. The van der Waals surface area contributed by atoms with Crippen LogP contribution in [0.15, 0.2) is 42.2 Å². The van der Waals surface area contributed by atoms with Crippen LogP contribution in [0.1, 0.15) is 31.7 Å². The van der Waals surface area contributed by atoms with Crippen molar-refractivity contribution in [2.24, 2.45) is 0 Å². The summed E-state index contributed by atoms with van der Waals surface area (Å²) >= 11 is 0. The van der Waals surface area contributed by atoms with E-state index in [-0.39, 0.29) is 0 Å². The average molecular weight is 228 g/mol. The normalized spacial score (nSPS) is 13.4. The molecule has 1 aliphatic heterocycles. The highest BCUT2D eigenvalue weighted by molar-refractivity contribution is 5.70. The minimum Gasteiger partial charge on any atom is -0.384 e. The van der Waals surface area contributed by atoms with E-state index in [1.54, 1.807) is 0 Å². The molecule has 1 heterocycles. The van der Waals surface area contributed by atoms with Crippen LogP contribution in [0.3, 0.4) is 0 Å². The molecule has 0 aliphatic carbocycles. The highest BCUT2D eigenvalue weighted by Crippen LogP contribution is 2.19. The zero-order valence-corrected chi connectivity index (χ0v) is 10.4. The van der Waals surface area contributed by atoms with Crippen molar-refractivity contribution in [1.82, 2.24) is 5.32 Å². The molecule has 0 bridgehead atoms. The van der Waals surface area contributed by atoms with Crippen LogP contribution in [0.5, 0.6) is 0 Å². The van der Waals surface area contributed by atoms with Crippen LogP contribution < -0.4 is 10.6 Å². The first-order valence-electron chi connectivity index (χ1n) is 6.38. The number of benzene rings is 1. The lowest BCUT2D eigenvalue weighted by Crippen LogP contribution is -2.14. The van der Waals surface area contributed by atoms with E-state index in [1.807, 2.05) is 12.3 Å². The molecule has 0 spiro atoms. The Labute approximate surface area is 103 Å². The van der Waals surface area contributed by atoms with Crippen molar-refractivity contribution in [3.63, 3.8) is 0 Å². The molecule has 0 saturated carbocycles. The first-order valence-corrected chi connectivity index (χ1v) is 6.38. The summed E-state index contributed by atoms with van der Waals surface area (Å²) in [5, 5.41) is 6.77. The Morgan fingerprint density at radius 1 is 1.12 bits per heavy atom. The Balaban J connectivity index is 1.93. The maximum atomic E-state index is 3.44. The van der Waals surface area contributed by atoms with Crippen molar-refractivity contribution in [2.45, 2.75) is 26.2 Å². The Hall–Kier alpha value is -1.70. The molecule has 2 heteroatoms. The summed E-state index contributed by atoms with van der Waals surface area (Å²) in [5.74, 6) is 0. The van der Waals surface area contributed by atoms with Gasteiger partial charge in [0.05, 0.1) is 5.70 Å². The molecular formula is C15H20N2. The molecule has 2 nitrogen and oxygen atoms in total. The van der Waals surface area contributed by atoms with E-state index in [9.17, 15) is 0 Å². The fraction of sp³-hybridized carbons (Fsp3) is 0.333. The van der Waals surface area contributed by atoms with E-state index >= 15 is 0 Å². The van der Waals surface area contributed by atoms with Crippen LogP contribution in [-0.4, -0.2) is 6.54 Å². The molecule has 90 valence electrons. The summed E-state index contributed by atoms with van der Waals surface area (Å²) in [6.45, 7) is 3.27. The number of anilines is 1. The Morgan fingerprint density at radius 2 is 2.00 bits per heavy atom. The van der Waals surface area contributed by atoms with Crippen LogP contribution >= 0.6 is 0 Å². The maximum Gasteiger partial charge on any atom is 0.0503 e. The molecular weight excluding hydrogens is 208 g/mol. The van der Waals surface area contributed by atoms with Crippen molar-refractivity contribution in [1.29, 1.82) is 0 Å². The van der Waals surface area contributed by atoms with Gasteiger partial charge in [-0.3, -0.25) is 0 Å². The van der Waals surface area contributed by atoms with Gasteiger partial charge in [-0.05, 0) is 24.1 Å². The lowest BCUT2D eigenvalue weighted by Gasteiger charge is -2.06. The standard InChI is InChI=1S/C15H20N2/c1-2-3-6-11-16-14-10-9-13-7-4-5-8-15(13)17-12-14/h4-5,7-10,12,16-17H,2-3,6,11H2,1H3. The molecule has 0 unspecified atom stereocenters. The number of rotatable bonds is 5. The molecule has 0 fully saturated rings. The molecule has 2 N–H and O–H groups in total. The molecule has 0 atom stereocenters. The molecule has 0 saturated heterocycles. The van der Waals surface area contributed by atoms with Crippen LogP contribution in [0, 0.1) is 0 Å². The fourth-order valence-corrected chi connectivity index (χ4v) is 1.87. The van der Waals surface area contributed by atoms with E-state index in [2.05, 4.69) is 47.9 Å². The SMILES string of the molecule is CCCCCNC1=CNc2ccccc2C=C1. The number of hydrogen-bond acceptors (Lipinski definition) is 2. The summed E-state index contributed by atoms with van der Waals surface area (Å²) in [7, 11) is 0. The highest BCUT2D eigenvalue weighted by atomic mass is 14.9. The van der Waals surface area contributed by atoms with Gasteiger partial charge >= 0.3 is 0 Å². The van der Waals surface area contributed by atoms with Gasteiger partial charge in [0.15, 0.2) is 0 Å². The van der Waals surface area contributed by atoms with E-state index < -0.39 is 0 Å². The van der Waals surface area contributed by atoms with Crippen molar-refractivity contribution in [2.75, 3.05) is 11.9 Å². The second-order valence-electron chi connectivity index (χ2n) is 4.30. The van der Waals surface area contributed by atoms with E-state index in [0.29, 0.717) is 0 Å². The van der Waals surface area contributed by atoms with Gasteiger partial charge in [0.25, 0.3) is 0 Å². The van der Waals surface area contributed by atoms with Gasteiger partial charge in [0.2, 0.25) is 0 Å². The number of unbranched alkanes of at least 4 members (excludes halogenated alkanes) is 2. The topological polar surface area (TPSA) is 24.1 Å². The van der Waals surface area contributed by atoms with Crippen LogP contribution in [0.2, 0.25) is 0 Å². The minimum atomic E-state index is 1.04. The predicted octanol–water partition coefficient (Wildman–Crippen LogP) is 3.75. The Kier molecular flexibility index (Phi) is 4.25. The predicted molar refractivity (Wildman–Crippen MR) is 74.7 cm³/mol. The third kappa shape index (κ3) is 3.38. The Bertz CT molecular complexity index is 419. The smallest absolute Gasteiger partial charge is 0.0503 e. The number of nitrogens with one attached hydrogen (secondary N) is 2. The summed E-state index contributed by atoms with van der Waals surface area (Å²) in [4.78, 5) is 0. The number of para-hydroxylation sites is 1. The number of fused-ring (bicyclic) bond motifs is 1. The van der Waals surface area contributed by atoms with Crippen LogP contribution in [-0.2, 0) is 0 Å². The summed E-state index contributed by atoms with van der Waals surface area (Å²) in [5.41, 5.74) is 3.54. The molecule has 0 radical (unpaired) electrons. The van der Waals surface area contributed by atoms with Crippen molar-refractivity contribution in [3.8, 4) is 0 Å². The monoisotopic (exact) mass is 228 g/mol. The van der Waals surface area contributed by atoms with Crippen LogP contribution in [0.4, 0.5) is 5.69 Å². The second kappa shape index (κ2) is 6.14. The summed E-state index contributed by atoms with van der Waals surface area (Å²) in [6.07, 6.45) is 10.1. The molecule has 1 aromatic carbocycles. The third-order valence-electron chi connectivity index (χ3n) is 2.90. The van der Waals surface area contributed by atoms with Crippen molar-refractivity contribution in [3.05, 3.63) is 47.8 Å². The molecule has 2 rings (SSSR count). The molecule has 0 aromatic heterocycles. The first kappa shape index (κ1) is 11.8. The molecule has 17 heavy (non-hydrogen) atoms. The molecule has 0 amide bonds. The number of allylic oxidation sites excluding steroid dienone is 1. The van der Waals surface area contributed by atoms with Gasteiger partial charge in [-0.1, -0.05) is 44.0 Å². The largest absolute Gasteiger partial charge is 0.384 e. The zero-order valence-electron chi connectivity index (χ0n) is 10.4. The fourth-order valence-electron chi connectivity index (χ4n) is 1.87. The second-order valence-corrected chi connectivity index (χ2v) is 4.30. The van der Waals surface area contributed by atoms with Gasteiger partial charge in [-0.2, -0.15) is 0 Å². The van der Waals surface area contributed by atoms with Gasteiger partial charge in [-0.15, -0.1) is 0 Å².